The SMILES string of the molecule is CCS(=O)(=O)Nc1cc2oc(-c3ccc(F)cc3)c(C(=O)NC)c2cc1-c1ccc2onc(-c3ccccc3)c2c1. The van der Waals surface area contributed by atoms with Crippen LogP contribution in [0.1, 0.15) is 17.3 Å². The van der Waals surface area contributed by atoms with Gasteiger partial charge in [0.05, 0.1) is 22.4 Å². The highest BCUT2D eigenvalue weighted by molar-refractivity contribution is 7.92. The highest BCUT2D eigenvalue weighted by Gasteiger charge is 2.25. The van der Waals surface area contributed by atoms with Crippen LogP contribution in [0.3, 0.4) is 0 Å². The van der Waals surface area contributed by atoms with Gasteiger partial charge in [0, 0.05) is 35.2 Å². The molecule has 0 saturated heterocycles. The van der Waals surface area contributed by atoms with E-state index >= 15 is 0 Å². The third kappa shape index (κ3) is 4.82. The molecule has 2 N–H and O–H groups in total. The van der Waals surface area contributed by atoms with Gasteiger partial charge in [0.1, 0.15) is 22.9 Å². The molecule has 0 atom stereocenters. The van der Waals surface area contributed by atoms with Crippen molar-refractivity contribution < 1.29 is 26.5 Å². The Labute approximate surface area is 234 Å². The molecular weight excluding hydrogens is 545 g/mol. The number of carbonyl (C=O) groups is 1. The Kier molecular flexibility index (Phi) is 6.55. The first-order valence-corrected chi connectivity index (χ1v) is 14.5. The molecule has 6 rings (SSSR count). The van der Waals surface area contributed by atoms with E-state index in [-0.39, 0.29) is 28.3 Å². The van der Waals surface area contributed by atoms with Gasteiger partial charge in [-0.25, -0.2) is 12.8 Å². The van der Waals surface area contributed by atoms with Crippen molar-refractivity contribution in [1.29, 1.82) is 0 Å². The highest BCUT2D eigenvalue weighted by Crippen LogP contribution is 2.41. The fourth-order valence-corrected chi connectivity index (χ4v) is 5.42. The zero-order valence-electron chi connectivity index (χ0n) is 22.1. The normalized spacial score (nSPS) is 11.7. The number of hydrogen-bond donors (Lipinski definition) is 2. The molecule has 0 unspecified atom stereocenters. The van der Waals surface area contributed by atoms with E-state index in [4.69, 9.17) is 8.94 Å². The van der Waals surface area contributed by atoms with Crippen molar-refractivity contribution >= 4 is 43.6 Å². The first kappa shape index (κ1) is 26.3. The molecule has 0 fully saturated rings. The first-order valence-electron chi connectivity index (χ1n) is 12.8. The van der Waals surface area contributed by atoms with E-state index < -0.39 is 21.7 Å². The molecule has 0 aliphatic carbocycles. The number of sulfonamides is 1. The van der Waals surface area contributed by atoms with Gasteiger partial charge in [0.2, 0.25) is 10.0 Å². The zero-order valence-corrected chi connectivity index (χ0v) is 22.9. The number of halogens is 1. The molecule has 206 valence electrons. The van der Waals surface area contributed by atoms with Gasteiger partial charge < -0.3 is 14.3 Å². The minimum Gasteiger partial charge on any atom is -0.455 e. The number of rotatable bonds is 7. The predicted octanol–water partition coefficient (Wildman–Crippen LogP) is 6.84. The van der Waals surface area contributed by atoms with Crippen LogP contribution >= 0.6 is 0 Å². The molecular formula is C31H24FN3O5S. The Hall–Kier alpha value is -4.96. The fraction of sp³-hybridized carbons (Fsp3) is 0.0968. The van der Waals surface area contributed by atoms with Gasteiger partial charge in [-0.1, -0.05) is 41.6 Å². The monoisotopic (exact) mass is 569 g/mol. The second kappa shape index (κ2) is 10.2. The van der Waals surface area contributed by atoms with E-state index in [0.717, 1.165) is 10.9 Å². The summed E-state index contributed by atoms with van der Waals surface area (Å²) in [4.78, 5) is 13.1. The summed E-state index contributed by atoms with van der Waals surface area (Å²) in [6.45, 7) is 1.54. The number of anilines is 1. The van der Waals surface area contributed by atoms with Gasteiger partial charge in [-0.2, -0.15) is 0 Å². The molecule has 2 heterocycles. The number of benzene rings is 4. The molecule has 0 spiro atoms. The Balaban J connectivity index is 1.62. The van der Waals surface area contributed by atoms with Crippen molar-refractivity contribution in [1.82, 2.24) is 10.5 Å². The number of nitrogens with zero attached hydrogens (tertiary/aromatic N) is 1. The van der Waals surface area contributed by atoms with Crippen molar-refractivity contribution in [2.45, 2.75) is 6.92 Å². The lowest BCUT2D eigenvalue weighted by Crippen LogP contribution is -2.18. The average molecular weight is 570 g/mol. The van der Waals surface area contributed by atoms with Crippen molar-refractivity contribution in [3.63, 3.8) is 0 Å². The van der Waals surface area contributed by atoms with E-state index in [9.17, 15) is 17.6 Å². The quantitative estimate of drug-likeness (QED) is 0.218. The standard InChI is InChI=1S/C31H24FN3O5S/c1-3-41(37,38)35-25-17-27-23(28(31(36)33-2)30(39-27)19-9-12-21(32)13-10-19)16-22(25)20-11-14-26-24(15-20)29(34-40-26)18-7-5-4-6-8-18/h4-17,35H,3H2,1-2H3,(H,33,36). The molecule has 1 amide bonds. The summed E-state index contributed by atoms with van der Waals surface area (Å²) in [5.41, 5.74) is 4.58. The predicted molar refractivity (Wildman–Crippen MR) is 157 cm³/mol. The third-order valence-electron chi connectivity index (χ3n) is 6.86. The maximum absolute atomic E-state index is 13.7. The van der Waals surface area contributed by atoms with E-state index in [1.165, 1.54) is 31.3 Å². The fourth-order valence-electron chi connectivity index (χ4n) is 4.77. The number of amides is 1. The molecule has 41 heavy (non-hydrogen) atoms. The third-order valence-corrected chi connectivity index (χ3v) is 8.15. The molecule has 0 bridgehead atoms. The number of furan rings is 1. The number of carbonyl (C=O) groups excluding carboxylic acids is 1. The van der Waals surface area contributed by atoms with Crippen LogP contribution in [-0.2, 0) is 10.0 Å². The molecule has 0 aliphatic rings. The van der Waals surface area contributed by atoms with Crippen LogP contribution in [0.25, 0.3) is 55.6 Å². The molecule has 2 aromatic heterocycles. The zero-order chi connectivity index (χ0) is 28.7. The minimum atomic E-state index is -3.68. The van der Waals surface area contributed by atoms with Crippen LogP contribution in [0.5, 0.6) is 0 Å². The van der Waals surface area contributed by atoms with Crippen molar-refractivity contribution in [2.75, 3.05) is 17.5 Å². The largest absolute Gasteiger partial charge is 0.455 e. The highest BCUT2D eigenvalue weighted by atomic mass is 32.2. The topological polar surface area (TPSA) is 114 Å². The molecule has 8 nitrogen and oxygen atoms in total. The summed E-state index contributed by atoms with van der Waals surface area (Å²) in [6.07, 6.45) is 0. The van der Waals surface area contributed by atoms with Crippen LogP contribution in [0.2, 0.25) is 0 Å². The lowest BCUT2D eigenvalue weighted by Gasteiger charge is -2.13. The van der Waals surface area contributed by atoms with E-state index in [2.05, 4.69) is 15.2 Å². The lowest BCUT2D eigenvalue weighted by atomic mass is 9.97. The number of aromatic nitrogens is 1. The van der Waals surface area contributed by atoms with Gasteiger partial charge >= 0.3 is 0 Å². The second-order valence-electron chi connectivity index (χ2n) is 9.40. The summed E-state index contributed by atoms with van der Waals surface area (Å²) in [5.74, 6) is -0.738. The number of hydrogen-bond acceptors (Lipinski definition) is 6. The Morgan fingerprint density at radius 1 is 0.878 bits per heavy atom. The smallest absolute Gasteiger partial charge is 0.255 e. The Bertz CT molecular complexity index is 2030. The molecule has 6 aromatic rings. The summed E-state index contributed by atoms with van der Waals surface area (Å²) < 4.78 is 53.4. The average Bonchev–Trinajstić information content (AvgIpc) is 3.58. The van der Waals surface area contributed by atoms with Crippen LogP contribution in [0, 0.1) is 5.82 Å². The molecule has 0 saturated carbocycles. The van der Waals surface area contributed by atoms with E-state index in [1.54, 1.807) is 31.2 Å². The first-order chi connectivity index (χ1) is 19.8. The molecule has 0 radical (unpaired) electrons. The van der Waals surface area contributed by atoms with Crippen LogP contribution in [-0.4, -0.2) is 32.3 Å². The molecule has 0 aliphatic heterocycles. The van der Waals surface area contributed by atoms with Gasteiger partial charge in [0.15, 0.2) is 5.58 Å². The molecule has 10 heteroatoms. The van der Waals surface area contributed by atoms with E-state index in [1.807, 2.05) is 36.4 Å². The van der Waals surface area contributed by atoms with Gasteiger partial charge in [-0.05, 0) is 55.0 Å². The molecule has 4 aromatic carbocycles. The number of fused-ring (bicyclic) bond motifs is 2. The van der Waals surface area contributed by atoms with Crippen molar-refractivity contribution in [3.05, 3.63) is 96.3 Å². The van der Waals surface area contributed by atoms with Crippen molar-refractivity contribution in [2.24, 2.45) is 0 Å². The summed E-state index contributed by atoms with van der Waals surface area (Å²) >= 11 is 0. The van der Waals surface area contributed by atoms with Crippen LogP contribution in [0.4, 0.5) is 10.1 Å². The van der Waals surface area contributed by atoms with Gasteiger partial charge in [-0.15, -0.1) is 0 Å². The summed E-state index contributed by atoms with van der Waals surface area (Å²) in [5, 5.41) is 8.10. The summed E-state index contributed by atoms with van der Waals surface area (Å²) in [7, 11) is -2.17. The van der Waals surface area contributed by atoms with Crippen LogP contribution in [0.15, 0.2) is 93.9 Å². The minimum absolute atomic E-state index is 0.143. The van der Waals surface area contributed by atoms with E-state index in [0.29, 0.717) is 33.4 Å². The van der Waals surface area contributed by atoms with Gasteiger partial charge in [-0.3, -0.25) is 9.52 Å². The van der Waals surface area contributed by atoms with Crippen LogP contribution < -0.4 is 10.0 Å². The Morgan fingerprint density at radius 3 is 2.32 bits per heavy atom. The van der Waals surface area contributed by atoms with Crippen molar-refractivity contribution in [3.8, 4) is 33.7 Å². The van der Waals surface area contributed by atoms with Gasteiger partial charge in [0.25, 0.3) is 5.91 Å². The maximum Gasteiger partial charge on any atom is 0.255 e. The maximum atomic E-state index is 13.7. The number of nitrogens with one attached hydrogen (secondary N) is 2. The second-order valence-corrected chi connectivity index (χ2v) is 11.4. The lowest BCUT2D eigenvalue weighted by molar-refractivity contribution is 0.0964. The Morgan fingerprint density at radius 2 is 1.61 bits per heavy atom. The summed E-state index contributed by atoms with van der Waals surface area (Å²) in [6, 6.07) is 23.9.